The van der Waals surface area contributed by atoms with Crippen LogP contribution in [-0.4, -0.2) is 26.1 Å². The average molecular weight is 562 g/mol. The second-order valence-corrected chi connectivity index (χ2v) is 15.6. The van der Waals surface area contributed by atoms with Crippen LogP contribution < -0.4 is 6.15 Å². The van der Waals surface area contributed by atoms with E-state index in [9.17, 15) is 18.3 Å². The molecule has 0 aliphatic heterocycles. The van der Waals surface area contributed by atoms with Crippen molar-refractivity contribution in [1.29, 1.82) is 0 Å². The van der Waals surface area contributed by atoms with E-state index in [4.69, 9.17) is 4.18 Å². The molecule has 1 aromatic rings. The van der Waals surface area contributed by atoms with Crippen LogP contribution in [0, 0.1) is 59.2 Å². The lowest BCUT2D eigenvalue weighted by molar-refractivity contribution is -0.138. The van der Waals surface area contributed by atoms with Gasteiger partial charge in [-0.1, -0.05) is 38.5 Å². The number of fused-ring (bicyclic) bond motifs is 5. The highest BCUT2D eigenvalue weighted by molar-refractivity contribution is 7.86. The quantitative estimate of drug-likeness (QED) is 0.315. The topological polar surface area (TPSA) is 116 Å². The van der Waals surface area contributed by atoms with E-state index in [0.717, 1.165) is 42.6 Å². The van der Waals surface area contributed by atoms with Gasteiger partial charge in [0, 0.05) is 6.42 Å². The number of hydrogen-bond donors (Lipinski definition) is 2. The lowest BCUT2D eigenvalue weighted by Crippen LogP contribution is -2.54. The number of carbonyl (C=O) groups is 1. The molecule has 4 saturated carbocycles. The number of benzene rings is 1. The largest absolute Gasteiger partial charge is 0.481 e. The molecule has 4 fully saturated rings. The number of aliphatic carboxylic acids is 1. The Bertz CT molecular complexity index is 1120. The van der Waals surface area contributed by atoms with Crippen LogP contribution in [0.3, 0.4) is 0 Å². The van der Waals surface area contributed by atoms with Gasteiger partial charge in [0.15, 0.2) is 0 Å². The molecule has 1 aromatic carbocycles. The molecule has 6 nitrogen and oxygen atoms in total. The molecule has 7 heteroatoms. The van der Waals surface area contributed by atoms with Crippen molar-refractivity contribution in [1.82, 2.24) is 6.15 Å². The van der Waals surface area contributed by atoms with E-state index >= 15 is 0 Å². The number of carboxylic acids is 1. The van der Waals surface area contributed by atoms with Gasteiger partial charge in [0.25, 0.3) is 10.1 Å². The number of hydrogen-bond acceptors (Lipinski definition) is 5. The predicted molar refractivity (Wildman–Crippen MR) is 154 cm³/mol. The summed E-state index contributed by atoms with van der Waals surface area (Å²) in [6.45, 7) is 9.65. The van der Waals surface area contributed by atoms with Gasteiger partial charge in [0.05, 0.1) is 11.5 Å². The fourth-order valence-corrected chi connectivity index (χ4v) is 11.0. The third-order valence-corrected chi connectivity index (χ3v) is 13.4. The van der Waals surface area contributed by atoms with Gasteiger partial charge in [-0.2, -0.15) is 8.42 Å². The molecular formula is C32H51NO5S. The third-order valence-electron chi connectivity index (χ3n) is 12.1. The van der Waals surface area contributed by atoms with Crippen LogP contribution in [0.15, 0.2) is 29.2 Å². The Morgan fingerprint density at radius 3 is 2.36 bits per heavy atom. The molecule has 0 aromatic heterocycles. The van der Waals surface area contributed by atoms with Gasteiger partial charge in [-0.3, -0.25) is 8.98 Å². The normalized spacial score (nSPS) is 38.6. The van der Waals surface area contributed by atoms with Gasteiger partial charge >= 0.3 is 5.97 Å². The molecule has 0 amide bonds. The van der Waals surface area contributed by atoms with Gasteiger partial charge < -0.3 is 11.3 Å². The fourth-order valence-electron chi connectivity index (χ4n) is 9.98. The van der Waals surface area contributed by atoms with E-state index in [2.05, 4.69) is 20.8 Å². The zero-order chi connectivity index (χ0) is 27.3. The van der Waals surface area contributed by atoms with Gasteiger partial charge in [-0.05, 0) is 136 Å². The van der Waals surface area contributed by atoms with Crippen LogP contribution in [0.4, 0.5) is 0 Å². The molecule has 4 N–H and O–H groups in total. The second kappa shape index (κ2) is 11.4. The van der Waals surface area contributed by atoms with Gasteiger partial charge in [0.2, 0.25) is 0 Å². The molecule has 0 heterocycles. The summed E-state index contributed by atoms with van der Waals surface area (Å²) in [5, 5.41) is 9.21. The molecule has 2 unspecified atom stereocenters. The predicted octanol–water partition coefficient (Wildman–Crippen LogP) is 7.64. The summed E-state index contributed by atoms with van der Waals surface area (Å²) >= 11 is 0. The zero-order valence-electron chi connectivity index (χ0n) is 24.5. The maximum Gasteiger partial charge on any atom is 0.303 e. The summed E-state index contributed by atoms with van der Waals surface area (Å²) in [6, 6.07) is 6.92. The van der Waals surface area contributed by atoms with E-state index in [0.29, 0.717) is 47.5 Å². The molecule has 0 spiro atoms. The molecule has 220 valence electrons. The van der Waals surface area contributed by atoms with E-state index in [-0.39, 0.29) is 11.0 Å². The fraction of sp³-hybridized carbons (Fsp3) is 0.781. The lowest BCUT2D eigenvalue weighted by atomic mass is 9.44. The summed E-state index contributed by atoms with van der Waals surface area (Å²) in [5.74, 6) is 3.77. The Kier molecular flexibility index (Phi) is 8.95. The summed E-state index contributed by atoms with van der Waals surface area (Å²) in [7, 11) is -3.71. The van der Waals surface area contributed by atoms with Crippen molar-refractivity contribution < 1.29 is 22.5 Å². The summed E-state index contributed by atoms with van der Waals surface area (Å²) in [6.07, 6.45) is 12.1. The first-order valence-corrected chi connectivity index (χ1v) is 16.5. The number of aryl methyl sites for hydroxylation is 1. The van der Waals surface area contributed by atoms with Crippen molar-refractivity contribution in [2.45, 2.75) is 103 Å². The molecule has 0 bridgehead atoms. The van der Waals surface area contributed by atoms with Gasteiger partial charge in [-0.25, -0.2) is 0 Å². The van der Waals surface area contributed by atoms with Crippen molar-refractivity contribution in [2.24, 2.45) is 52.3 Å². The van der Waals surface area contributed by atoms with Crippen molar-refractivity contribution >= 4 is 16.1 Å². The SMILES string of the molecule is Cc1ccc(S(=O)(=O)OCC2CC[C@@]3(C)C(CC[C@H]4[C@@H]5CC[C@H]([C@H](C)CCC(=O)O)[C@@]5(C)CC[C@@H]43)C2)cc1.N. The van der Waals surface area contributed by atoms with E-state index < -0.39 is 16.1 Å². The highest BCUT2D eigenvalue weighted by Gasteiger charge is 2.60. The molecule has 9 atom stereocenters. The Balaban J connectivity index is 0.00000353. The van der Waals surface area contributed by atoms with Crippen LogP contribution in [0.25, 0.3) is 0 Å². The Morgan fingerprint density at radius 2 is 1.67 bits per heavy atom. The molecule has 4 aliphatic rings. The van der Waals surface area contributed by atoms with Crippen molar-refractivity contribution in [2.75, 3.05) is 6.61 Å². The van der Waals surface area contributed by atoms with Crippen LogP contribution in [0.2, 0.25) is 0 Å². The van der Waals surface area contributed by atoms with Gasteiger partial charge in [0.1, 0.15) is 0 Å². The zero-order valence-corrected chi connectivity index (χ0v) is 25.3. The summed E-state index contributed by atoms with van der Waals surface area (Å²) in [4.78, 5) is 11.4. The van der Waals surface area contributed by atoms with Crippen LogP contribution in [0.1, 0.15) is 97.0 Å². The molecule has 0 saturated heterocycles. The van der Waals surface area contributed by atoms with Crippen molar-refractivity contribution in [3.63, 3.8) is 0 Å². The maximum atomic E-state index is 12.8. The minimum atomic E-state index is -3.71. The first-order valence-electron chi connectivity index (χ1n) is 15.1. The minimum absolute atomic E-state index is 0. The molecular weight excluding hydrogens is 510 g/mol. The van der Waals surface area contributed by atoms with E-state index in [1.807, 2.05) is 19.1 Å². The second-order valence-electron chi connectivity index (χ2n) is 14.0. The summed E-state index contributed by atoms with van der Waals surface area (Å²) < 4.78 is 31.1. The Hall–Kier alpha value is -1.44. The molecule has 4 aliphatic carbocycles. The first kappa shape index (κ1) is 30.5. The summed E-state index contributed by atoms with van der Waals surface area (Å²) in [5.41, 5.74) is 1.75. The Morgan fingerprint density at radius 1 is 1.00 bits per heavy atom. The van der Waals surface area contributed by atoms with Crippen molar-refractivity contribution in [3.8, 4) is 0 Å². The van der Waals surface area contributed by atoms with E-state index in [1.165, 1.54) is 44.9 Å². The maximum absolute atomic E-state index is 12.8. The third kappa shape index (κ3) is 5.70. The van der Waals surface area contributed by atoms with Crippen LogP contribution in [-0.2, 0) is 19.1 Å². The average Bonchev–Trinajstić information content (AvgIpc) is 3.23. The van der Waals surface area contributed by atoms with E-state index in [1.54, 1.807) is 12.1 Å². The minimum Gasteiger partial charge on any atom is -0.481 e. The smallest absolute Gasteiger partial charge is 0.303 e. The number of carboxylic acid groups (broad SMARTS) is 1. The Labute approximate surface area is 236 Å². The van der Waals surface area contributed by atoms with Crippen LogP contribution in [0.5, 0.6) is 0 Å². The number of rotatable bonds is 8. The lowest BCUT2D eigenvalue weighted by Gasteiger charge is -2.61. The first-order chi connectivity index (χ1) is 17.9. The molecule has 5 rings (SSSR count). The van der Waals surface area contributed by atoms with Crippen LogP contribution >= 0.6 is 0 Å². The monoisotopic (exact) mass is 561 g/mol. The highest BCUT2D eigenvalue weighted by Crippen LogP contribution is 2.68. The molecule has 0 radical (unpaired) electrons. The van der Waals surface area contributed by atoms with Crippen molar-refractivity contribution in [3.05, 3.63) is 29.8 Å². The highest BCUT2D eigenvalue weighted by atomic mass is 32.2. The standard InChI is InChI=1S/C32H48O5S.H3N/c1-21-5-9-25(10-6-21)38(35,36)37-20-23-15-17-31(3)24(19-23)8-11-26-28-13-12-27(22(2)7-14-30(33)34)32(28,4)18-16-29(26)31;/h5-6,9-10,22-24,26-29H,7-8,11-20H2,1-4H3,(H,33,34);1H3/t22-,23?,24?,26+,27-,28+,29+,31+,32-;/m1./s1. The molecule has 39 heavy (non-hydrogen) atoms. The van der Waals surface area contributed by atoms with Gasteiger partial charge in [-0.15, -0.1) is 0 Å².